The molecule has 2 rings (SSSR count). The fourth-order valence-corrected chi connectivity index (χ4v) is 4.98. The molecular formula is C22H26N2O7S2. The normalized spacial score (nSPS) is 12.0. The first kappa shape index (κ1) is 26.2. The van der Waals surface area contributed by atoms with E-state index < -0.39 is 36.4 Å². The molecule has 0 fully saturated rings. The number of unbranched alkanes of at least 4 members (excludes halogenated alkanes) is 1. The molecule has 178 valence electrons. The maximum atomic E-state index is 12.9. The van der Waals surface area contributed by atoms with Crippen molar-refractivity contribution < 1.29 is 35.3 Å². The third kappa shape index (κ3) is 7.24. The average molecular weight is 495 g/mol. The van der Waals surface area contributed by atoms with Crippen molar-refractivity contribution in [2.75, 3.05) is 5.75 Å². The Kier molecular flexibility index (Phi) is 8.18. The minimum absolute atomic E-state index is 0.0189. The third-order valence-corrected chi connectivity index (χ3v) is 7.09. The van der Waals surface area contributed by atoms with Gasteiger partial charge in [0.25, 0.3) is 15.6 Å². The monoisotopic (exact) mass is 494 g/mol. The molecule has 0 heterocycles. The highest BCUT2D eigenvalue weighted by Gasteiger charge is 2.38. The number of sulfone groups is 1. The van der Waals surface area contributed by atoms with Gasteiger partial charge >= 0.3 is 15.2 Å². The highest BCUT2D eigenvalue weighted by atomic mass is 32.2. The zero-order valence-electron chi connectivity index (χ0n) is 18.8. The Balaban J connectivity index is 2.25. The summed E-state index contributed by atoms with van der Waals surface area (Å²) in [6, 6.07) is 10.2. The Hall–Kier alpha value is -3.01. The molecule has 0 atom stereocenters. The van der Waals surface area contributed by atoms with Crippen LogP contribution in [0.25, 0.3) is 5.53 Å². The Morgan fingerprint density at radius 3 is 1.97 bits per heavy atom. The number of ether oxygens (including phenoxy) is 1. The SMILES string of the molecule is CCCCS(=O)(=O)Oc1ccc(S(=O)(=O)C(=[N+]=[N-])C(=O)c2ccc(OC(C)(C)C)cc2)cc1. The fourth-order valence-electron chi connectivity index (χ4n) is 2.67. The lowest BCUT2D eigenvalue weighted by molar-refractivity contribution is -0.00158. The predicted octanol–water partition coefficient (Wildman–Crippen LogP) is 3.66. The Morgan fingerprint density at radius 1 is 0.939 bits per heavy atom. The van der Waals surface area contributed by atoms with E-state index in [1.54, 1.807) is 0 Å². The summed E-state index contributed by atoms with van der Waals surface area (Å²) in [5.41, 5.74) is 8.83. The molecule has 0 aliphatic carbocycles. The number of carbonyl (C=O) groups is 1. The van der Waals surface area contributed by atoms with E-state index in [4.69, 9.17) is 8.92 Å². The Bertz CT molecular complexity index is 1250. The quantitative estimate of drug-likeness (QED) is 0.129. The number of rotatable bonds is 9. The van der Waals surface area contributed by atoms with Crippen LogP contribution in [0.1, 0.15) is 50.9 Å². The van der Waals surface area contributed by atoms with Crippen LogP contribution in [0.2, 0.25) is 0 Å². The van der Waals surface area contributed by atoms with Gasteiger partial charge in [-0.2, -0.15) is 8.42 Å². The van der Waals surface area contributed by atoms with E-state index in [1.807, 2.05) is 27.7 Å². The van der Waals surface area contributed by atoms with Crippen LogP contribution in [0.3, 0.4) is 0 Å². The van der Waals surface area contributed by atoms with Crippen LogP contribution in [0.4, 0.5) is 0 Å². The summed E-state index contributed by atoms with van der Waals surface area (Å²) in [5.74, 6) is -0.775. The lowest BCUT2D eigenvalue weighted by atomic mass is 10.1. The molecule has 0 N–H and O–H groups in total. The summed E-state index contributed by atoms with van der Waals surface area (Å²) in [7, 11) is -8.31. The molecule has 0 spiro atoms. The molecule has 11 heteroatoms. The van der Waals surface area contributed by atoms with E-state index in [2.05, 4.69) is 4.79 Å². The third-order valence-electron chi connectivity index (χ3n) is 4.19. The van der Waals surface area contributed by atoms with Crippen molar-refractivity contribution in [1.29, 1.82) is 0 Å². The minimum atomic E-state index is -4.50. The zero-order chi connectivity index (χ0) is 24.9. The molecule has 2 aromatic rings. The van der Waals surface area contributed by atoms with Crippen molar-refractivity contribution in [1.82, 2.24) is 0 Å². The van der Waals surface area contributed by atoms with Crippen molar-refractivity contribution in [2.45, 2.75) is 51.0 Å². The predicted molar refractivity (Wildman–Crippen MR) is 123 cm³/mol. The summed E-state index contributed by atoms with van der Waals surface area (Å²) in [4.78, 5) is 15.1. The van der Waals surface area contributed by atoms with Crippen LogP contribution in [0, 0.1) is 0 Å². The van der Waals surface area contributed by atoms with Gasteiger partial charge in [0.15, 0.2) is 0 Å². The van der Waals surface area contributed by atoms with Gasteiger partial charge in [-0.05, 0) is 75.7 Å². The molecule has 0 saturated carbocycles. The maximum absolute atomic E-state index is 12.9. The molecule has 0 bridgehead atoms. The second kappa shape index (κ2) is 10.3. The summed E-state index contributed by atoms with van der Waals surface area (Å²) in [5, 5.41) is -1.07. The van der Waals surface area contributed by atoms with E-state index in [-0.39, 0.29) is 22.0 Å². The zero-order valence-corrected chi connectivity index (χ0v) is 20.4. The van der Waals surface area contributed by atoms with E-state index in [1.165, 1.54) is 24.3 Å². The van der Waals surface area contributed by atoms with Crippen LogP contribution < -0.4 is 8.92 Å². The van der Waals surface area contributed by atoms with Gasteiger partial charge < -0.3 is 14.5 Å². The topological polar surface area (TPSA) is 140 Å². The van der Waals surface area contributed by atoms with E-state index in [0.29, 0.717) is 18.6 Å². The van der Waals surface area contributed by atoms with Crippen molar-refractivity contribution in [3.63, 3.8) is 0 Å². The minimum Gasteiger partial charge on any atom is -0.488 e. The van der Waals surface area contributed by atoms with E-state index in [0.717, 1.165) is 24.3 Å². The van der Waals surface area contributed by atoms with Crippen molar-refractivity contribution in [3.8, 4) is 11.5 Å². The Morgan fingerprint density at radius 2 is 1.48 bits per heavy atom. The molecule has 33 heavy (non-hydrogen) atoms. The molecule has 0 saturated heterocycles. The fraction of sp³-hybridized carbons (Fsp3) is 0.364. The highest BCUT2D eigenvalue weighted by molar-refractivity contribution is 8.08. The summed E-state index contributed by atoms with van der Waals surface area (Å²) < 4.78 is 60.1. The van der Waals surface area contributed by atoms with Crippen molar-refractivity contribution in [3.05, 3.63) is 59.6 Å². The number of Topliss-reactive ketones (excluding diaryl/α,β-unsaturated/α-hetero) is 1. The van der Waals surface area contributed by atoms with Gasteiger partial charge in [0, 0.05) is 5.56 Å². The van der Waals surface area contributed by atoms with Crippen LogP contribution in [-0.2, 0) is 20.0 Å². The molecule has 0 aliphatic rings. The second-order valence-corrected chi connectivity index (χ2v) is 11.7. The van der Waals surface area contributed by atoms with Gasteiger partial charge in [0.2, 0.25) is 0 Å². The van der Waals surface area contributed by atoms with Gasteiger partial charge in [-0.1, -0.05) is 13.3 Å². The largest absolute Gasteiger partial charge is 0.488 e. The van der Waals surface area contributed by atoms with Gasteiger partial charge in [-0.25, -0.2) is 8.42 Å². The lowest BCUT2D eigenvalue weighted by Crippen LogP contribution is -2.26. The molecular weight excluding hydrogens is 468 g/mol. The number of carbonyl (C=O) groups excluding carboxylic acids is 1. The molecule has 0 unspecified atom stereocenters. The first-order valence-corrected chi connectivity index (χ1v) is 13.2. The number of hydrogen-bond donors (Lipinski definition) is 0. The summed E-state index contributed by atoms with van der Waals surface area (Å²) in [6.07, 6.45) is 1.10. The number of nitrogens with zero attached hydrogens (tertiary/aromatic N) is 2. The van der Waals surface area contributed by atoms with Crippen LogP contribution in [0.15, 0.2) is 53.4 Å². The number of hydrogen-bond acceptors (Lipinski definition) is 7. The first-order chi connectivity index (χ1) is 15.3. The molecule has 0 radical (unpaired) electrons. The van der Waals surface area contributed by atoms with Crippen LogP contribution >= 0.6 is 0 Å². The smallest absolute Gasteiger partial charge is 0.456 e. The molecule has 2 aromatic carbocycles. The van der Waals surface area contributed by atoms with Gasteiger partial charge in [0.05, 0.1) is 10.6 Å². The second-order valence-electron chi connectivity index (χ2n) is 8.15. The van der Waals surface area contributed by atoms with E-state index in [9.17, 15) is 27.2 Å². The molecule has 0 aromatic heterocycles. The number of benzene rings is 2. The average Bonchev–Trinajstić information content (AvgIpc) is 2.72. The van der Waals surface area contributed by atoms with E-state index >= 15 is 0 Å². The lowest BCUT2D eigenvalue weighted by Gasteiger charge is -2.21. The maximum Gasteiger partial charge on any atom is 0.456 e. The molecule has 9 nitrogen and oxygen atoms in total. The van der Waals surface area contributed by atoms with Crippen LogP contribution in [0.5, 0.6) is 11.5 Å². The van der Waals surface area contributed by atoms with Crippen molar-refractivity contribution in [2.24, 2.45) is 0 Å². The highest BCUT2D eigenvalue weighted by Crippen LogP contribution is 2.22. The first-order valence-electron chi connectivity index (χ1n) is 10.1. The Labute approximate surface area is 194 Å². The summed E-state index contributed by atoms with van der Waals surface area (Å²) >= 11 is 0. The van der Waals surface area contributed by atoms with Gasteiger partial charge in [-0.3, -0.25) is 4.79 Å². The summed E-state index contributed by atoms with van der Waals surface area (Å²) in [6.45, 7) is 7.40. The van der Waals surface area contributed by atoms with Crippen LogP contribution in [-0.4, -0.2) is 43.8 Å². The molecule has 0 aliphatic heterocycles. The van der Waals surface area contributed by atoms with Gasteiger partial charge in [-0.15, -0.1) is 4.79 Å². The van der Waals surface area contributed by atoms with Gasteiger partial charge in [0.1, 0.15) is 17.1 Å². The standard InChI is InChI=1S/C22H26N2O7S2/c1-5-6-15-32(26,27)31-18-11-13-19(14-12-18)33(28,29)21(24-23)20(25)16-7-9-17(10-8-16)30-22(2,3)4/h7-14H,5-6,15H2,1-4H3. The number of ketones is 1. The van der Waals surface area contributed by atoms with Crippen molar-refractivity contribution >= 4 is 30.8 Å². The molecule has 0 amide bonds.